The van der Waals surface area contributed by atoms with Crippen molar-refractivity contribution in [1.82, 2.24) is 0 Å². The molecule has 0 saturated heterocycles. The van der Waals surface area contributed by atoms with Gasteiger partial charge in [0.2, 0.25) is 0 Å². The normalized spacial score (nSPS) is 11.4. The van der Waals surface area contributed by atoms with E-state index < -0.39 is 4.92 Å². The van der Waals surface area contributed by atoms with Crippen LogP contribution < -0.4 is 10.6 Å². The van der Waals surface area contributed by atoms with Crippen molar-refractivity contribution in [3.63, 3.8) is 0 Å². The van der Waals surface area contributed by atoms with E-state index in [1.807, 2.05) is 6.92 Å². The lowest BCUT2D eigenvalue weighted by atomic mass is 10.1. The van der Waals surface area contributed by atoms with Crippen molar-refractivity contribution in [3.05, 3.63) is 28.3 Å². The summed E-state index contributed by atoms with van der Waals surface area (Å²) in [6, 6.07) is 4.73. The zero-order valence-corrected chi connectivity index (χ0v) is 13.4. The number of hydrogen-bond acceptors (Lipinski definition) is 6. The van der Waals surface area contributed by atoms with Gasteiger partial charge in [-0.2, -0.15) is 0 Å². The number of nitrogens with one attached hydrogen (secondary N) is 2. The van der Waals surface area contributed by atoms with Crippen molar-refractivity contribution in [3.8, 4) is 0 Å². The van der Waals surface area contributed by atoms with Crippen LogP contribution in [-0.2, 0) is 0 Å². The van der Waals surface area contributed by atoms with Crippen molar-refractivity contribution in [1.29, 1.82) is 0 Å². The summed E-state index contributed by atoms with van der Waals surface area (Å²) < 4.78 is 0. The van der Waals surface area contributed by atoms with E-state index in [4.69, 9.17) is 5.11 Å². The van der Waals surface area contributed by atoms with E-state index in [2.05, 4.69) is 10.6 Å². The fraction of sp³-hybridized carbons (Fsp3) is 0.571. The third kappa shape index (κ3) is 6.46. The van der Waals surface area contributed by atoms with Gasteiger partial charge in [-0.1, -0.05) is 13.3 Å². The van der Waals surface area contributed by atoms with E-state index in [-0.39, 0.29) is 37.4 Å². The molecular weight excluding hydrogens is 310 g/mol. The Kier molecular flexibility index (Phi) is 10.3. The lowest BCUT2D eigenvalue weighted by Crippen LogP contribution is -2.23. The highest BCUT2D eigenvalue weighted by Gasteiger charge is 2.15. The molecular formula is C14H24ClN3O4. The third-order valence-corrected chi connectivity index (χ3v) is 3.07. The van der Waals surface area contributed by atoms with Gasteiger partial charge in [-0.25, -0.2) is 0 Å². The highest BCUT2D eigenvalue weighted by molar-refractivity contribution is 5.85. The zero-order valence-electron chi connectivity index (χ0n) is 12.6. The van der Waals surface area contributed by atoms with E-state index >= 15 is 0 Å². The molecule has 7 nitrogen and oxygen atoms in total. The summed E-state index contributed by atoms with van der Waals surface area (Å²) >= 11 is 0. The number of nitrogens with zero attached hydrogens (tertiary/aromatic N) is 1. The SMILES string of the molecule is CCCC(CO)Nc1ccc(NCCCO)c([N+](=O)[O-])c1.Cl. The average Bonchev–Trinajstić information content (AvgIpc) is 2.48. The number of hydrogen-bond donors (Lipinski definition) is 4. The molecule has 0 radical (unpaired) electrons. The van der Waals surface area contributed by atoms with Crippen LogP contribution >= 0.6 is 12.4 Å². The molecule has 0 fully saturated rings. The first-order valence-electron chi connectivity index (χ1n) is 7.13. The van der Waals surface area contributed by atoms with Crippen molar-refractivity contribution >= 4 is 29.5 Å². The topological polar surface area (TPSA) is 108 Å². The molecule has 1 atom stereocenters. The number of aliphatic hydroxyl groups is 2. The summed E-state index contributed by atoms with van der Waals surface area (Å²) in [5.41, 5.74) is 1.02. The smallest absolute Gasteiger partial charge is 0.294 e. The summed E-state index contributed by atoms with van der Waals surface area (Å²) in [6.07, 6.45) is 2.24. The lowest BCUT2D eigenvalue weighted by Gasteiger charge is -2.17. The van der Waals surface area contributed by atoms with Gasteiger partial charge >= 0.3 is 0 Å². The lowest BCUT2D eigenvalue weighted by molar-refractivity contribution is -0.383. The van der Waals surface area contributed by atoms with Crippen LogP contribution in [0.5, 0.6) is 0 Å². The molecule has 0 bridgehead atoms. The van der Waals surface area contributed by atoms with Crippen LogP contribution in [0.4, 0.5) is 17.1 Å². The molecule has 4 N–H and O–H groups in total. The molecule has 0 aliphatic heterocycles. The monoisotopic (exact) mass is 333 g/mol. The largest absolute Gasteiger partial charge is 0.396 e. The molecule has 1 rings (SSSR count). The molecule has 8 heteroatoms. The maximum atomic E-state index is 11.1. The van der Waals surface area contributed by atoms with Gasteiger partial charge in [0.15, 0.2) is 0 Å². The Balaban J connectivity index is 0.00000441. The summed E-state index contributed by atoms with van der Waals surface area (Å²) in [4.78, 5) is 10.7. The Labute approximate surface area is 136 Å². The fourth-order valence-corrected chi connectivity index (χ4v) is 2.02. The van der Waals surface area contributed by atoms with Crippen LogP contribution in [0.3, 0.4) is 0 Å². The second kappa shape index (κ2) is 11.1. The summed E-state index contributed by atoms with van der Waals surface area (Å²) in [7, 11) is 0. The molecule has 0 amide bonds. The van der Waals surface area contributed by atoms with Crippen LogP contribution in [0.15, 0.2) is 18.2 Å². The van der Waals surface area contributed by atoms with E-state index in [0.29, 0.717) is 24.3 Å². The van der Waals surface area contributed by atoms with Gasteiger partial charge in [-0.15, -0.1) is 12.4 Å². The molecule has 0 spiro atoms. The highest BCUT2D eigenvalue weighted by Crippen LogP contribution is 2.28. The fourth-order valence-electron chi connectivity index (χ4n) is 2.02. The third-order valence-electron chi connectivity index (χ3n) is 3.07. The number of benzene rings is 1. The molecule has 1 unspecified atom stereocenters. The number of nitro groups is 1. The molecule has 0 aliphatic rings. The quantitative estimate of drug-likeness (QED) is 0.297. The van der Waals surface area contributed by atoms with Crippen LogP contribution in [0.2, 0.25) is 0 Å². The molecule has 0 aliphatic carbocycles. The van der Waals surface area contributed by atoms with Crippen LogP contribution in [0, 0.1) is 10.1 Å². The van der Waals surface area contributed by atoms with Crippen molar-refractivity contribution < 1.29 is 15.1 Å². The van der Waals surface area contributed by atoms with Crippen LogP contribution in [0.25, 0.3) is 0 Å². The Hall–Kier alpha value is -1.57. The Morgan fingerprint density at radius 3 is 2.64 bits per heavy atom. The second-order valence-electron chi connectivity index (χ2n) is 4.81. The number of aliphatic hydroxyl groups excluding tert-OH is 2. The Bertz CT molecular complexity index is 460. The van der Waals surface area contributed by atoms with E-state index in [0.717, 1.165) is 12.8 Å². The van der Waals surface area contributed by atoms with E-state index in [1.165, 1.54) is 6.07 Å². The molecule has 1 aromatic rings. The zero-order chi connectivity index (χ0) is 15.7. The van der Waals surface area contributed by atoms with E-state index in [1.54, 1.807) is 12.1 Å². The molecule has 0 saturated carbocycles. The summed E-state index contributed by atoms with van der Waals surface area (Å²) in [6.45, 7) is 2.51. The van der Waals surface area contributed by atoms with Gasteiger partial charge < -0.3 is 20.8 Å². The van der Waals surface area contributed by atoms with Crippen molar-refractivity contribution in [2.45, 2.75) is 32.2 Å². The van der Waals surface area contributed by atoms with Crippen molar-refractivity contribution in [2.24, 2.45) is 0 Å². The molecule has 22 heavy (non-hydrogen) atoms. The minimum atomic E-state index is -0.444. The number of rotatable bonds is 10. The van der Waals surface area contributed by atoms with Gasteiger partial charge in [-0.3, -0.25) is 10.1 Å². The Morgan fingerprint density at radius 1 is 1.36 bits per heavy atom. The van der Waals surface area contributed by atoms with Crippen LogP contribution in [-0.4, -0.2) is 40.9 Å². The van der Waals surface area contributed by atoms with Gasteiger partial charge in [0.05, 0.1) is 11.5 Å². The predicted molar refractivity (Wildman–Crippen MR) is 89.9 cm³/mol. The minimum Gasteiger partial charge on any atom is -0.396 e. The maximum Gasteiger partial charge on any atom is 0.294 e. The first-order valence-corrected chi connectivity index (χ1v) is 7.13. The Morgan fingerprint density at radius 2 is 2.09 bits per heavy atom. The predicted octanol–water partition coefficient (Wildman–Crippen LogP) is 2.38. The minimum absolute atomic E-state index is 0. The van der Waals surface area contributed by atoms with Crippen LogP contribution in [0.1, 0.15) is 26.2 Å². The van der Waals surface area contributed by atoms with Gasteiger partial charge in [0, 0.05) is 30.9 Å². The summed E-state index contributed by atoms with van der Waals surface area (Å²) in [5, 5.41) is 35.2. The standard InChI is InChI=1S/C14H23N3O4.ClH/c1-2-4-12(10-19)16-11-5-6-13(15-7-3-8-18)14(9-11)17(20)21;/h5-6,9,12,15-16,18-19H,2-4,7-8,10H2,1H3;1H. The average molecular weight is 334 g/mol. The first kappa shape index (κ1) is 20.4. The number of anilines is 2. The van der Waals surface area contributed by atoms with Gasteiger partial charge in [0.25, 0.3) is 5.69 Å². The number of nitro benzene ring substituents is 1. The van der Waals surface area contributed by atoms with Crippen molar-refractivity contribution in [2.75, 3.05) is 30.4 Å². The second-order valence-corrected chi connectivity index (χ2v) is 4.81. The molecule has 0 heterocycles. The molecule has 0 aromatic heterocycles. The van der Waals surface area contributed by atoms with Gasteiger partial charge in [-0.05, 0) is 25.0 Å². The maximum absolute atomic E-state index is 11.1. The van der Waals surface area contributed by atoms with Gasteiger partial charge in [0.1, 0.15) is 5.69 Å². The van der Waals surface area contributed by atoms with E-state index in [9.17, 15) is 15.2 Å². The summed E-state index contributed by atoms with van der Waals surface area (Å²) in [5.74, 6) is 0. The molecule has 1 aromatic carbocycles. The first-order chi connectivity index (χ1) is 10.1. The molecule has 126 valence electrons. The highest BCUT2D eigenvalue weighted by atomic mass is 35.5. The number of halogens is 1.